The van der Waals surface area contributed by atoms with Gasteiger partial charge in [0.1, 0.15) is 17.3 Å². The Labute approximate surface area is 142 Å². The first-order valence-electron chi connectivity index (χ1n) is 7.75. The van der Waals surface area contributed by atoms with Gasteiger partial charge in [0.25, 0.3) is 0 Å². The third-order valence-corrected chi connectivity index (χ3v) is 4.00. The molecule has 4 rings (SSSR count). The largest absolute Gasteiger partial charge is 0.373 e. The van der Waals surface area contributed by atoms with E-state index >= 15 is 0 Å². The minimum atomic E-state index is -0.581. The second-order valence-electron chi connectivity index (χ2n) is 5.57. The lowest BCUT2D eigenvalue weighted by atomic mass is 10.0. The molecular formula is C19H14F2N4. The summed E-state index contributed by atoms with van der Waals surface area (Å²) in [5, 5.41) is 7.46. The summed E-state index contributed by atoms with van der Waals surface area (Å²) in [4.78, 5) is 3.80. The van der Waals surface area contributed by atoms with E-state index in [2.05, 4.69) is 15.4 Å². The Kier molecular flexibility index (Phi) is 3.65. The Morgan fingerprint density at radius 3 is 2.52 bits per heavy atom. The summed E-state index contributed by atoms with van der Waals surface area (Å²) in [5.41, 5.74) is 3.65. The zero-order chi connectivity index (χ0) is 17.4. The lowest BCUT2D eigenvalue weighted by Gasteiger charge is -2.07. The molecule has 0 aliphatic heterocycles. The first-order chi connectivity index (χ1) is 12.2. The molecule has 4 aromatic rings. The molecule has 0 spiro atoms. The number of pyridine rings is 2. The van der Waals surface area contributed by atoms with Gasteiger partial charge in [0.2, 0.25) is 5.95 Å². The number of hydrogen-bond donors (Lipinski definition) is 1. The predicted octanol–water partition coefficient (Wildman–Crippen LogP) is 4.38. The molecule has 0 aliphatic carbocycles. The number of nitrogens with one attached hydrogen (secondary N) is 1. The number of fused-ring (bicyclic) bond motifs is 1. The van der Waals surface area contributed by atoms with E-state index in [4.69, 9.17) is 0 Å². The van der Waals surface area contributed by atoms with Crippen LogP contribution in [-0.2, 0) is 0 Å². The van der Waals surface area contributed by atoms with E-state index in [0.29, 0.717) is 17.1 Å². The molecule has 3 heterocycles. The lowest BCUT2D eigenvalue weighted by Crippen LogP contribution is -1.95. The minimum absolute atomic E-state index is 0.318. The molecule has 0 saturated heterocycles. The van der Waals surface area contributed by atoms with Crippen LogP contribution in [-0.4, -0.2) is 21.6 Å². The fourth-order valence-electron chi connectivity index (χ4n) is 2.86. The predicted molar refractivity (Wildman–Crippen MR) is 93.3 cm³/mol. The maximum absolute atomic E-state index is 14.0. The quantitative estimate of drug-likeness (QED) is 0.565. The van der Waals surface area contributed by atoms with Crippen LogP contribution in [0.1, 0.15) is 0 Å². The normalized spacial score (nSPS) is 11.0. The minimum Gasteiger partial charge on any atom is -0.373 e. The second kappa shape index (κ2) is 5.98. The summed E-state index contributed by atoms with van der Waals surface area (Å²) in [7, 11) is 1.68. The molecule has 0 fully saturated rings. The fourth-order valence-corrected chi connectivity index (χ4v) is 2.86. The topological polar surface area (TPSA) is 42.2 Å². The number of benzene rings is 1. The van der Waals surface area contributed by atoms with E-state index in [1.165, 1.54) is 18.2 Å². The van der Waals surface area contributed by atoms with Gasteiger partial charge in [0.15, 0.2) is 0 Å². The smallest absolute Gasteiger partial charge is 0.215 e. The Bertz CT molecular complexity index is 1050. The van der Waals surface area contributed by atoms with Crippen LogP contribution in [0.25, 0.3) is 27.9 Å². The second-order valence-corrected chi connectivity index (χ2v) is 5.57. The molecule has 0 amide bonds. The van der Waals surface area contributed by atoms with Gasteiger partial charge in [0, 0.05) is 30.4 Å². The van der Waals surface area contributed by atoms with Gasteiger partial charge < -0.3 is 5.32 Å². The van der Waals surface area contributed by atoms with Crippen molar-refractivity contribution in [2.45, 2.75) is 0 Å². The Morgan fingerprint density at radius 1 is 0.960 bits per heavy atom. The van der Waals surface area contributed by atoms with Crippen LogP contribution < -0.4 is 5.32 Å². The number of rotatable bonds is 3. The van der Waals surface area contributed by atoms with Crippen molar-refractivity contribution in [3.05, 3.63) is 72.6 Å². The van der Waals surface area contributed by atoms with E-state index in [-0.39, 0.29) is 5.82 Å². The molecule has 3 aromatic heterocycles. The number of nitrogens with zero attached hydrogens (tertiary/aromatic N) is 3. The highest BCUT2D eigenvalue weighted by Crippen LogP contribution is 2.36. The maximum atomic E-state index is 14.0. The Morgan fingerprint density at radius 2 is 1.76 bits per heavy atom. The molecule has 6 heteroatoms. The monoisotopic (exact) mass is 336 g/mol. The summed E-state index contributed by atoms with van der Waals surface area (Å²) in [5.74, 6) is -0.473. The van der Waals surface area contributed by atoms with E-state index in [1.54, 1.807) is 29.8 Å². The molecule has 0 bridgehead atoms. The summed E-state index contributed by atoms with van der Waals surface area (Å²) in [6.07, 6.45) is 1.82. The van der Waals surface area contributed by atoms with Crippen LogP contribution in [0.5, 0.6) is 0 Å². The third kappa shape index (κ3) is 2.71. The van der Waals surface area contributed by atoms with Crippen LogP contribution in [0.15, 0.2) is 60.8 Å². The van der Waals surface area contributed by atoms with Crippen molar-refractivity contribution in [3.8, 4) is 22.4 Å². The van der Waals surface area contributed by atoms with Crippen LogP contribution in [0, 0.1) is 11.8 Å². The van der Waals surface area contributed by atoms with Crippen LogP contribution in [0.4, 0.5) is 14.6 Å². The molecule has 0 saturated carbocycles. The maximum Gasteiger partial charge on any atom is 0.215 e. The van der Waals surface area contributed by atoms with Crippen molar-refractivity contribution in [2.75, 3.05) is 12.4 Å². The van der Waals surface area contributed by atoms with Gasteiger partial charge in [0.05, 0.1) is 5.52 Å². The van der Waals surface area contributed by atoms with E-state index in [0.717, 1.165) is 16.6 Å². The molecule has 25 heavy (non-hydrogen) atoms. The van der Waals surface area contributed by atoms with Gasteiger partial charge in [-0.1, -0.05) is 6.07 Å². The number of halogens is 2. The standard InChI is InChI=1S/C19H14F2N4/c1-22-17-11-13(10-16(21)23-17)18-15-4-2-3-9-25(15)24-19(18)12-5-7-14(20)8-6-12/h2-11H,1H3,(H,22,23). The lowest BCUT2D eigenvalue weighted by molar-refractivity contribution is 0.586. The molecule has 0 radical (unpaired) electrons. The summed E-state index contributed by atoms with van der Waals surface area (Å²) in [6.45, 7) is 0. The SMILES string of the molecule is CNc1cc(-c2c(-c3ccc(F)cc3)nn3ccccc23)cc(F)n1. The van der Waals surface area contributed by atoms with Gasteiger partial charge in [-0.3, -0.25) is 0 Å². The number of aromatic nitrogens is 3. The zero-order valence-corrected chi connectivity index (χ0v) is 13.4. The van der Waals surface area contributed by atoms with Crippen LogP contribution in [0.2, 0.25) is 0 Å². The van der Waals surface area contributed by atoms with Crippen molar-refractivity contribution in [2.24, 2.45) is 0 Å². The number of anilines is 1. The molecule has 1 N–H and O–H groups in total. The molecule has 1 aromatic carbocycles. The average molecular weight is 336 g/mol. The highest BCUT2D eigenvalue weighted by Gasteiger charge is 2.17. The Balaban J connectivity index is 2.03. The highest BCUT2D eigenvalue weighted by atomic mass is 19.1. The average Bonchev–Trinajstić information content (AvgIpc) is 3.01. The molecular weight excluding hydrogens is 322 g/mol. The highest BCUT2D eigenvalue weighted by molar-refractivity contribution is 5.92. The van der Waals surface area contributed by atoms with Gasteiger partial charge in [-0.25, -0.2) is 13.9 Å². The summed E-state index contributed by atoms with van der Waals surface area (Å²) >= 11 is 0. The van der Waals surface area contributed by atoms with Crippen molar-refractivity contribution in [3.63, 3.8) is 0 Å². The van der Waals surface area contributed by atoms with Crippen LogP contribution >= 0.6 is 0 Å². The zero-order valence-electron chi connectivity index (χ0n) is 13.4. The van der Waals surface area contributed by atoms with Crippen molar-refractivity contribution >= 4 is 11.3 Å². The molecule has 0 unspecified atom stereocenters. The first-order valence-corrected chi connectivity index (χ1v) is 7.75. The third-order valence-electron chi connectivity index (χ3n) is 4.00. The van der Waals surface area contributed by atoms with Crippen molar-refractivity contribution < 1.29 is 8.78 Å². The van der Waals surface area contributed by atoms with Crippen LogP contribution in [0.3, 0.4) is 0 Å². The first kappa shape index (κ1) is 15.3. The van der Waals surface area contributed by atoms with Gasteiger partial charge in [-0.2, -0.15) is 9.49 Å². The number of hydrogen-bond acceptors (Lipinski definition) is 3. The molecule has 4 nitrogen and oxygen atoms in total. The molecule has 0 atom stereocenters. The van der Waals surface area contributed by atoms with Crippen molar-refractivity contribution in [1.29, 1.82) is 0 Å². The van der Waals surface area contributed by atoms with Gasteiger partial charge in [-0.15, -0.1) is 0 Å². The van der Waals surface area contributed by atoms with Crippen molar-refractivity contribution in [1.82, 2.24) is 14.6 Å². The summed E-state index contributed by atoms with van der Waals surface area (Å²) in [6, 6.07) is 14.9. The molecule has 124 valence electrons. The van der Waals surface area contributed by atoms with Gasteiger partial charge >= 0.3 is 0 Å². The summed E-state index contributed by atoms with van der Waals surface area (Å²) < 4.78 is 29.0. The van der Waals surface area contributed by atoms with Gasteiger partial charge in [-0.05, 0) is 48.0 Å². The van der Waals surface area contributed by atoms with E-state index in [1.807, 2.05) is 24.4 Å². The molecule has 0 aliphatic rings. The fraction of sp³-hybridized carbons (Fsp3) is 0.0526. The Hall–Kier alpha value is -3.28. The van der Waals surface area contributed by atoms with E-state index < -0.39 is 5.95 Å². The van der Waals surface area contributed by atoms with E-state index in [9.17, 15) is 8.78 Å².